The van der Waals surface area contributed by atoms with Crippen LogP contribution in [0.15, 0.2) is 24.4 Å². The predicted octanol–water partition coefficient (Wildman–Crippen LogP) is 3.11. The number of nitrogens with zero attached hydrogens (tertiary/aromatic N) is 1. The lowest BCUT2D eigenvalue weighted by molar-refractivity contribution is -0.101. The van der Waals surface area contributed by atoms with Crippen molar-refractivity contribution in [2.24, 2.45) is 0 Å². The fourth-order valence-electron chi connectivity index (χ4n) is 3.67. The molecule has 2 heterocycles. The molecule has 1 fully saturated rings. The molecule has 5 nitrogen and oxygen atoms in total. The third-order valence-corrected chi connectivity index (χ3v) is 5.37. The average molecular weight is 380 g/mol. The molecule has 1 aliphatic carbocycles. The number of ether oxygens (including phenoxy) is 1. The van der Waals surface area contributed by atoms with E-state index in [-0.39, 0.29) is 38.1 Å². The average Bonchev–Trinajstić information content (AvgIpc) is 3.01. The van der Waals surface area contributed by atoms with Crippen LogP contribution in [-0.4, -0.2) is 47.2 Å². The number of methoxy groups -OCH3 is 1. The fourth-order valence-corrected chi connectivity index (χ4v) is 3.67. The van der Waals surface area contributed by atoms with Gasteiger partial charge < -0.3 is 19.6 Å². The molecule has 148 valence electrons. The van der Waals surface area contributed by atoms with Crippen molar-refractivity contribution in [1.82, 2.24) is 9.72 Å². The zero-order chi connectivity index (χ0) is 19.7. The summed E-state index contributed by atoms with van der Waals surface area (Å²) in [6.45, 7) is 2.44. The second-order valence-corrected chi connectivity index (χ2v) is 7.46. The van der Waals surface area contributed by atoms with E-state index >= 15 is 0 Å². The van der Waals surface area contributed by atoms with Crippen LogP contribution in [0.2, 0.25) is 0 Å². The van der Waals surface area contributed by atoms with Crippen LogP contribution in [-0.2, 0) is 11.2 Å². The van der Waals surface area contributed by atoms with Crippen LogP contribution >= 0.6 is 0 Å². The first-order valence-corrected chi connectivity index (χ1v) is 9.22. The lowest BCUT2D eigenvalue weighted by atomic mass is 9.82. The van der Waals surface area contributed by atoms with Crippen molar-refractivity contribution in [3.8, 4) is 0 Å². The van der Waals surface area contributed by atoms with Crippen molar-refractivity contribution in [1.29, 1.82) is 0 Å². The number of aliphatic hydroxyl groups is 1. The summed E-state index contributed by atoms with van der Waals surface area (Å²) in [5.41, 5.74) is 1.96. The minimum atomic E-state index is -2.72. The highest BCUT2D eigenvalue weighted by atomic mass is 19.3. The molecule has 0 atom stereocenters. The number of carbonyl (C=O) groups excluding carboxylic acids is 1. The van der Waals surface area contributed by atoms with Gasteiger partial charge in [-0.05, 0) is 37.5 Å². The predicted molar refractivity (Wildman–Crippen MR) is 98.4 cm³/mol. The highest BCUT2D eigenvalue weighted by molar-refractivity contribution is 6.02. The molecule has 2 aromatic heterocycles. The summed E-state index contributed by atoms with van der Waals surface area (Å²) in [5.74, 6) is -3.03. The zero-order valence-corrected chi connectivity index (χ0v) is 15.7. The third kappa shape index (κ3) is 4.30. The second kappa shape index (κ2) is 7.56. The molecule has 2 N–H and O–H groups in total. The first-order valence-electron chi connectivity index (χ1n) is 9.22. The summed E-state index contributed by atoms with van der Waals surface area (Å²) in [6.07, 6.45) is 1.82. The van der Waals surface area contributed by atoms with Crippen LogP contribution < -0.4 is 5.32 Å². The number of hydrogen-bond acceptors (Lipinski definition) is 3. The summed E-state index contributed by atoms with van der Waals surface area (Å²) in [6, 6.07) is 5.68. The summed E-state index contributed by atoms with van der Waals surface area (Å²) in [7, 11) is 1.63. The van der Waals surface area contributed by atoms with Crippen molar-refractivity contribution in [3.05, 3.63) is 41.2 Å². The summed E-state index contributed by atoms with van der Waals surface area (Å²) in [4.78, 5) is 12.8. The second-order valence-electron chi connectivity index (χ2n) is 7.46. The number of amides is 1. The smallest absolute Gasteiger partial charge is 0.253 e. The molecule has 2 aromatic rings. The van der Waals surface area contributed by atoms with Crippen LogP contribution in [0.25, 0.3) is 5.52 Å². The number of rotatable bonds is 6. The number of nitrogens with one attached hydrogen (secondary N) is 1. The van der Waals surface area contributed by atoms with Crippen molar-refractivity contribution >= 4 is 11.4 Å². The molecule has 27 heavy (non-hydrogen) atoms. The molecule has 0 aliphatic heterocycles. The normalized spacial score (nSPS) is 18.6. The van der Waals surface area contributed by atoms with E-state index in [0.29, 0.717) is 18.6 Å². The SMILES string of the molecule is COCCc1cc(C(=O)NCC2(O)CCC(F)(F)CC2)c2c(C)cccn12. The Morgan fingerprint density at radius 3 is 2.70 bits per heavy atom. The van der Waals surface area contributed by atoms with E-state index in [4.69, 9.17) is 4.74 Å². The van der Waals surface area contributed by atoms with Gasteiger partial charge in [0.15, 0.2) is 0 Å². The summed E-state index contributed by atoms with van der Waals surface area (Å²) in [5, 5.41) is 13.3. The number of hydrogen-bond donors (Lipinski definition) is 2. The number of aromatic nitrogens is 1. The standard InChI is InChI=1S/C20H26F2N2O3/c1-14-4-3-10-24-15(5-11-27-2)12-16(17(14)24)18(25)23-13-19(26)6-8-20(21,22)9-7-19/h3-4,10,12,26H,5-9,11,13H2,1-2H3,(H,23,25). The van der Waals surface area contributed by atoms with Crippen LogP contribution in [0.4, 0.5) is 8.78 Å². The van der Waals surface area contributed by atoms with E-state index in [2.05, 4.69) is 5.32 Å². The third-order valence-electron chi connectivity index (χ3n) is 5.37. The van der Waals surface area contributed by atoms with Gasteiger partial charge in [0.25, 0.3) is 5.91 Å². The van der Waals surface area contributed by atoms with E-state index in [9.17, 15) is 18.7 Å². The van der Waals surface area contributed by atoms with Gasteiger partial charge >= 0.3 is 0 Å². The Kier molecular flexibility index (Phi) is 5.53. The van der Waals surface area contributed by atoms with Crippen LogP contribution in [0.1, 0.15) is 47.3 Å². The van der Waals surface area contributed by atoms with Gasteiger partial charge in [0.1, 0.15) is 0 Å². The maximum absolute atomic E-state index is 13.3. The number of carbonyl (C=O) groups is 1. The van der Waals surface area contributed by atoms with Gasteiger partial charge in [-0.1, -0.05) is 6.07 Å². The molecular weight excluding hydrogens is 354 g/mol. The van der Waals surface area contributed by atoms with Gasteiger partial charge in [0.05, 0.1) is 23.3 Å². The number of pyridine rings is 1. The lowest BCUT2D eigenvalue weighted by Crippen LogP contribution is -2.47. The molecule has 3 rings (SSSR count). The molecule has 1 amide bonds. The van der Waals surface area contributed by atoms with E-state index in [1.807, 2.05) is 35.7 Å². The molecule has 7 heteroatoms. The Morgan fingerprint density at radius 2 is 2.04 bits per heavy atom. The topological polar surface area (TPSA) is 63.0 Å². The Bertz CT molecular complexity index is 822. The first-order chi connectivity index (χ1) is 12.7. The summed E-state index contributed by atoms with van der Waals surface area (Å²) < 4.78 is 33.8. The van der Waals surface area contributed by atoms with Gasteiger partial charge in [-0.3, -0.25) is 4.79 Å². The number of fused-ring (bicyclic) bond motifs is 1. The molecule has 0 radical (unpaired) electrons. The Morgan fingerprint density at radius 1 is 1.33 bits per heavy atom. The van der Waals surface area contributed by atoms with E-state index < -0.39 is 11.5 Å². The van der Waals surface area contributed by atoms with Gasteiger partial charge in [0.2, 0.25) is 5.92 Å². The van der Waals surface area contributed by atoms with Crippen molar-refractivity contribution < 1.29 is 23.4 Å². The maximum atomic E-state index is 13.3. The maximum Gasteiger partial charge on any atom is 0.253 e. The van der Waals surface area contributed by atoms with Crippen molar-refractivity contribution in [3.63, 3.8) is 0 Å². The molecule has 0 spiro atoms. The molecule has 0 unspecified atom stereocenters. The fraction of sp³-hybridized carbons (Fsp3) is 0.550. The van der Waals surface area contributed by atoms with E-state index in [1.54, 1.807) is 7.11 Å². The number of aryl methyl sites for hydroxylation is 1. The van der Waals surface area contributed by atoms with Crippen molar-refractivity contribution in [2.45, 2.75) is 50.6 Å². The van der Waals surface area contributed by atoms with Gasteiger partial charge in [0, 0.05) is 44.8 Å². The molecule has 0 bridgehead atoms. The van der Waals surface area contributed by atoms with Crippen LogP contribution in [0.5, 0.6) is 0 Å². The first kappa shape index (κ1) is 19.8. The van der Waals surface area contributed by atoms with E-state index in [1.165, 1.54) is 0 Å². The molecule has 1 saturated carbocycles. The minimum absolute atomic E-state index is 0.0189. The van der Waals surface area contributed by atoms with E-state index in [0.717, 1.165) is 16.8 Å². The Labute approximate surface area is 157 Å². The van der Waals surface area contributed by atoms with Gasteiger partial charge in [-0.2, -0.15) is 0 Å². The lowest BCUT2D eigenvalue weighted by Gasteiger charge is -2.35. The molecule has 0 saturated heterocycles. The quantitative estimate of drug-likeness (QED) is 0.810. The van der Waals surface area contributed by atoms with Gasteiger partial charge in [-0.15, -0.1) is 0 Å². The summed E-state index contributed by atoms with van der Waals surface area (Å²) >= 11 is 0. The number of alkyl halides is 2. The Balaban J connectivity index is 1.78. The van der Waals surface area contributed by atoms with Crippen LogP contribution in [0.3, 0.4) is 0 Å². The molecule has 0 aromatic carbocycles. The zero-order valence-electron chi connectivity index (χ0n) is 15.7. The monoisotopic (exact) mass is 380 g/mol. The van der Waals surface area contributed by atoms with Gasteiger partial charge in [-0.25, -0.2) is 8.78 Å². The number of halogens is 2. The highest BCUT2D eigenvalue weighted by Gasteiger charge is 2.42. The molecular formula is C20H26F2N2O3. The highest BCUT2D eigenvalue weighted by Crippen LogP contribution is 2.38. The Hall–Kier alpha value is -1.99. The largest absolute Gasteiger partial charge is 0.388 e. The van der Waals surface area contributed by atoms with Crippen molar-refractivity contribution in [2.75, 3.05) is 20.3 Å². The minimum Gasteiger partial charge on any atom is -0.388 e. The molecule has 1 aliphatic rings. The van der Waals surface area contributed by atoms with Crippen LogP contribution in [0, 0.1) is 6.92 Å².